The monoisotopic (exact) mass is 605 g/mol. The topological polar surface area (TPSA) is 104 Å². The van der Waals surface area contributed by atoms with Gasteiger partial charge in [0, 0.05) is 13.9 Å². The van der Waals surface area contributed by atoms with E-state index in [9.17, 15) is 4.57 Å². The Morgan fingerprint density at radius 2 is 1.49 bits per heavy atom. The Morgan fingerprint density at radius 3 is 1.95 bits per heavy atom. The lowest BCUT2D eigenvalue weighted by molar-refractivity contribution is 0.171. The lowest BCUT2D eigenvalue weighted by atomic mass is 10.2. The van der Waals surface area contributed by atoms with Gasteiger partial charge >= 0.3 is 7.60 Å². The molecule has 4 atom stereocenters. The van der Waals surface area contributed by atoms with E-state index in [1.165, 1.54) is 0 Å². The summed E-state index contributed by atoms with van der Waals surface area (Å²) in [5.41, 5.74) is 1.47. The summed E-state index contributed by atoms with van der Waals surface area (Å²) in [5.74, 6) is 1.37. The second-order valence-corrected chi connectivity index (χ2v) is 17.6. The average molecular weight is 606 g/mol. The molecule has 3 N–H and O–H groups in total. The van der Waals surface area contributed by atoms with Gasteiger partial charge in [-0.25, -0.2) is 0 Å². The quantitative estimate of drug-likeness (QED) is 0.141. The Kier molecular flexibility index (Phi) is 12.0. The van der Waals surface area contributed by atoms with Crippen molar-refractivity contribution < 1.29 is 23.8 Å². The number of nitrogens with zero attached hydrogens (tertiary/aromatic N) is 2. The van der Waals surface area contributed by atoms with Crippen LogP contribution in [0.25, 0.3) is 0 Å². The van der Waals surface area contributed by atoms with Gasteiger partial charge in [0.25, 0.3) is 0 Å². The van der Waals surface area contributed by atoms with Gasteiger partial charge in [-0.2, -0.15) is 5.10 Å². The van der Waals surface area contributed by atoms with Crippen molar-refractivity contribution in [2.24, 2.45) is 5.10 Å². The fraction of sp³-hybridized carbons (Fsp3) is 0.458. The van der Waals surface area contributed by atoms with E-state index in [2.05, 4.69) is 17.1 Å². The number of ether oxygens (including phenoxy) is 2. The molecule has 0 aliphatic heterocycles. The van der Waals surface area contributed by atoms with Gasteiger partial charge in [0.2, 0.25) is 0 Å². The number of hydrazone groups is 1. The van der Waals surface area contributed by atoms with E-state index in [1.54, 1.807) is 35.3 Å². The van der Waals surface area contributed by atoms with E-state index < -0.39 is 32.0 Å². The molecule has 206 valence electrons. The first-order chi connectivity index (χ1) is 17.2. The van der Waals surface area contributed by atoms with Gasteiger partial charge < -0.3 is 19.3 Å². The Labute approximate surface area is 232 Å². The van der Waals surface area contributed by atoms with Crippen molar-refractivity contribution >= 4 is 51.1 Å². The summed E-state index contributed by atoms with van der Waals surface area (Å²) >= 11 is 11.5. The second-order valence-electron chi connectivity index (χ2n) is 9.06. The second kappa shape index (κ2) is 13.8. The van der Waals surface area contributed by atoms with Crippen LogP contribution in [0.5, 0.6) is 11.5 Å². The largest absolute Gasteiger partial charge is 0.481 e. The van der Waals surface area contributed by atoms with Crippen LogP contribution in [-0.2, 0) is 34.3 Å². The number of hydrogen-bond donors (Lipinski definition) is 3. The first-order valence-electron chi connectivity index (χ1n) is 11.9. The fourth-order valence-electron chi connectivity index (χ4n) is 3.40. The maximum atomic E-state index is 11.2. The van der Waals surface area contributed by atoms with Crippen molar-refractivity contribution in [1.82, 2.24) is 9.87 Å². The van der Waals surface area contributed by atoms with Crippen molar-refractivity contribution in [3.8, 4) is 11.5 Å². The molecule has 4 unspecified atom stereocenters. The summed E-state index contributed by atoms with van der Waals surface area (Å²) < 4.78 is 25.5. The molecule has 0 fully saturated rings. The minimum atomic E-state index is -4.12. The van der Waals surface area contributed by atoms with E-state index in [0.29, 0.717) is 17.7 Å². The van der Waals surface area contributed by atoms with Crippen LogP contribution in [0.1, 0.15) is 51.7 Å². The SMILES string of the molecule is CCC(C)(Oc1ccc(/C=N/N(C)[PH](=S)C(C)(CC)Oc2ccc(CP(=O)(O)O)cc2)cc1)[PH](=S)NC. The summed E-state index contributed by atoms with van der Waals surface area (Å²) in [7, 11) is -0.385. The lowest BCUT2D eigenvalue weighted by Crippen LogP contribution is -2.30. The van der Waals surface area contributed by atoms with Gasteiger partial charge in [0.05, 0.1) is 19.2 Å². The fourth-order valence-corrected chi connectivity index (χ4v) is 7.76. The van der Waals surface area contributed by atoms with Crippen molar-refractivity contribution in [3.05, 3.63) is 59.7 Å². The Hall–Kier alpha value is -1.08. The molecule has 0 saturated carbocycles. The third-order valence-corrected chi connectivity index (χ3v) is 14.8. The highest BCUT2D eigenvalue weighted by atomic mass is 32.4. The molecular weight excluding hydrogens is 567 g/mol. The Bertz CT molecular complexity index is 1160. The highest BCUT2D eigenvalue weighted by Gasteiger charge is 2.31. The van der Waals surface area contributed by atoms with Crippen molar-refractivity contribution in [3.63, 3.8) is 0 Å². The van der Waals surface area contributed by atoms with Crippen LogP contribution in [0.2, 0.25) is 0 Å². The average Bonchev–Trinajstić information content (AvgIpc) is 2.87. The molecule has 0 spiro atoms. The third kappa shape index (κ3) is 9.56. The first kappa shape index (κ1) is 32.1. The van der Waals surface area contributed by atoms with E-state index in [4.69, 9.17) is 42.9 Å². The number of rotatable bonds is 14. The molecule has 2 aromatic carbocycles. The Balaban J connectivity index is 2.07. The summed E-state index contributed by atoms with van der Waals surface area (Å²) in [6.45, 7) is 5.16. The molecule has 8 nitrogen and oxygen atoms in total. The standard InChI is InChI=1S/C24H38N3O5P3S2/c1-7-23(3,33(36)25-5)31-21-13-9-19(10-14-21)17-26-27(6)34(37)24(4,8-2)32-22-15-11-20(12-16-22)18-35(28,29)30/h9-17,33-34H,7-8,18H2,1-6H3,(H,25,36)(H2,28,29,30)/b26-17+. The van der Waals surface area contributed by atoms with Crippen LogP contribution in [0.4, 0.5) is 0 Å². The normalized spacial score (nSPS) is 17.0. The van der Waals surface area contributed by atoms with Gasteiger partial charge in [0.1, 0.15) is 22.2 Å². The molecule has 2 aromatic rings. The Morgan fingerprint density at radius 1 is 1.00 bits per heavy atom. The number of nitrogens with one attached hydrogen (secondary N) is 1. The highest BCUT2D eigenvalue weighted by Crippen LogP contribution is 2.46. The summed E-state index contributed by atoms with van der Waals surface area (Å²) in [6, 6.07) is 14.5. The summed E-state index contributed by atoms with van der Waals surface area (Å²) in [6.07, 6.45) is 2.96. The van der Waals surface area contributed by atoms with Gasteiger partial charge in [-0.1, -0.05) is 49.6 Å². The number of hydrogen-bond acceptors (Lipinski definition) is 6. The van der Waals surface area contributed by atoms with Crippen LogP contribution < -0.4 is 14.6 Å². The van der Waals surface area contributed by atoms with Gasteiger partial charge in [-0.15, -0.1) is 0 Å². The highest BCUT2D eigenvalue weighted by molar-refractivity contribution is 8.05. The van der Waals surface area contributed by atoms with Crippen LogP contribution in [0.15, 0.2) is 53.6 Å². The third-order valence-electron chi connectivity index (χ3n) is 6.06. The van der Waals surface area contributed by atoms with Crippen molar-refractivity contribution in [2.75, 3.05) is 14.1 Å². The maximum Gasteiger partial charge on any atom is 0.329 e. The van der Waals surface area contributed by atoms with Crippen molar-refractivity contribution in [1.29, 1.82) is 0 Å². The minimum absolute atomic E-state index is 0.303. The molecule has 0 amide bonds. The molecule has 0 saturated heterocycles. The predicted molar refractivity (Wildman–Crippen MR) is 163 cm³/mol. The molecule has 0 aromatic heterocycles. The van der Waals surface area contributed by atoms with Crippen LogP contribution in [0.3, 0.4) is 0 Å². The molecule has 0 heterocycles. The maximum absolute atomic E-state index is 11.2. The molecule has 2 rings (SSSR count). The van der Waals surface area contributed by atoms with Crippen molar-refractivity contribution in [2.45, 2.75) is 57.4 Å². The molecule has 0 aliphatic carbocycles. The van der Waals surface area contributed by atoms with E-state index in [1.807, 2.05) is 59.1 Å². The van der Waals surface area contributed by atoms with Crippen LogP contribution in [0, 0.1) is 0 Å². The predicted octanol–water partition coefficient (Wildman–Crippen LogP) is 5.74. The zero-order valence-electron chi connectivity index (χ0n) is 22.1. The summed E-state index contributed by atoms with van der Waals surface area (Å²) in [4.78, 5) is 18.3. The lowest BCUT2D eigenvalue weighted by Gasteiger charge is -2.34. The molecule has 0 radical (unpaired) electrons. The van der Waals surface area contributed by atoms with E-state index in [0.717, 1.165) is 17.7 Å². The summed E-state index contributed by atoms with van der Waals surface area (Å²) in [5, 5.41) is 6.76. The van der Waals surface area contributed by atoms with Gasteiger partial charge in [-0.3, -0.25) is 14.4 Å². The van der Waals surface area contributed by atoms with Crippen LogP contribution in [-0.4, -0.2) is 45.6 Å². The van der Waals surface area contributed by atoms with E-state index in [-0.39, 0.29) is 6.16 Å². The van der Waals surface area contributed by atoms with Gasteiger partial charge in [0.15, 0.2) is 0 Å². The molecule has 0 bridgehead atoms. The van der Waals surface area contributed by atoms with E-state index >= 15 is 0 Å². The molecule has 37 heavy (non-hydrogen) atoms. The minimum Gasteiger partial charge on any atom is -0.481 e. The molecular formula is C24H38N3O5P3S2. The first-order valence-corrected chi connectivity index (χ1v) is 18.9. The van der Waals surface area contributed by atoms with Gasteiger partial charge in [-0.05, 0) is 81.3 Å². The zero-order chi connectivity index (χ0) is 27.9. The zero-order valence-corrected chi connectivity index (χ0v) is 26.6. The molecule has 13 heteroatoms. The molecule has 0 aliphatic rings. The smallest absolute Gasteiger partial charge is 0.329 e. The van der Waals surface area contributed by atoms with Crippen LogP contribution >= 0.6 is 21.3 Å². The number of benzene rings is 2.